The van der Waals surface area contributed by atoms with Gasteiger partial charge in [0.1, 0.15) is 5.88 Å². The molecule has 2 amide bonds. The van der Waals surface area contributed by atoms with Gasteiger partial charge in [-0.05, 0) is 12.1 Å². The second kappa shape index (κ2) is 2.71. The number of rotatable bonds is 0. The Labute approximate surface area is 74.5 Å². The molecule has 2 rings (SSSR count). The van der Waals surface area contributed by atoms with Crippen molar-refractivity contribution in [2.24, 2.45) is 5.73 Å². The van der Waals surface area contributed by atoms with Gasteiger partial charge in [0.25, 0.3) is 0 Å². The number of carbonyl (C=O) groups is 1. The summed E-state index contributed by atoms with van der Waals surface area (Å²) in [6, 6.07) is 7.21. The van der Waals surface area contributed by atoms with Gasteiger partial charge in [-0.3, -0.25) is 4.90 Å². The Morgan fingerprint density at radius 2 is 2.17 bits per heavy atom. The maximum Gasteiger partial charge on any atom is 0.320 e. The number of amides is 2. The molecule has 1 aromatic carbocycles. The Hall–Kier alpha value is -1.16. The van der Waals surface area contributed by atoms with Gasteiger partial charge in [-0.25, -0.2) is 4.79 Å². The van der Waals surface area contributed by atoms with Gasteiger partial charge in [0.2, 0.25) is 0 Å². The molecule has 0 unspecified atom stereocenters. The number of para-hydroxylation sites is 1. The fourth-order valence-corrected chi connectivity index (χ4v) is 1.97. The van der Waals surface area contributed by atoms with Gasteiger partial charge in [0.15, 0.2) is 0 Å². The number of hydrogen-bond acceptors (Lipinski definition) is 2. The summed E-state index contributed by atoms with van der Waals surface area (Å²) in [7, 11) is 0. The van der Waals surface area contributed by atoms with Gasteiger partial charge >= 0.3 is 6.03 Å². The molecule has 0 aliphatic carbocycles. The number of nitrogens with zero attached hydrogens (tertiary/aromatic N) is 1. The monoisotopic (exact) mass is 179 g/mol. The first-order valence-electron chi connectivity index (χ1n) is 3.47. The number of carbonyl (C=O) groups excluding carboxylic acids is 1. The van der Waals surface area contributed by atoms with Crippen LogP contribution in [-0.4, -0.2) is 6.03 Å². The Kier molecular flexibility index (Phi) is 1.69. The molecule has 1 aliphatic heterocycles. The van der Waals surface area contributed by atoms with E-state index in [0.29, 0.717) is 0 Å². The van der Waals surface area contributed by atoms with Crippen LogP contribution in [0.25, 0.3) is 0 Å². The highest BCUT2D eigenvalue weighted by Gasteiger charge is 2.22. The number of fused-ring (bicyclic) bond motifs is 1. The van der Waals surface area contributed by atoms with E-state index in [2.05, 4.69) is 0 Å². The second-order valence-electron chi connectivity index (χ2n) is 2.40. The van der Waals surface area contributed by atoms with Crippen molar-refractivity contribution in [3.63, 3.8) is 0 Å². The molecule has 2 N–H and O–H groups in total. The SMILES string of the molecule is NC(=O)N1[CH]Sc2ccccc21. The largest absolute Gasteiger partial charge is 0.351 e. The third-order valence-corrected chi connectivity index (χ3v) is 2.56. The highest BCUT2D eigenvalue weighted by molar-refractivity contribution is 8.02. The minimum absolute atomic E-state index is 0.438. The summed E-state index contributed by atoms with van der Waals surface area (Å²) < 4.78 is 0. The minimum atomic E-state index is -0.438. The quantitative estimate of drug-likeness (QED) is 0.660. The fourth-order valence-electron chi connectivity index (χ4n) is 1.09. The number of hydrogen-bond donors (Lipinski definition) is 1. The van der Waals surface area contributed by atoms with Crippen LogP contribution >= 0.6 is 11.8 Å². The van der Waals surface area contributed by atoms with Crippen molar-refractivity contribution in [3.8, 4) is 0 Å². The molecular weight excluding hydrogens is 172 g/mol. The number of benzene rings is 1. The maximum absolute atomic E-state index is 10.9. The lowest BCUT2D eigenvalue weighted by Crippen LogP contribution is -2.30. The standard InChI is InChI=1S/C8H7N2OS/c9-8(11)10-5-12-7-4-2-1-3-6(7)10/h1-5H,(H2,9,11). The molecule has 0 fully saturated rings. The molecule has 0 atom stereocenters. The third-order valence-electron chi connectivity index (χ3n) is 1.65. The van der Waals surface area contributed by atoms with Crippen LogP contribution < -0.4 is 10.6 Å². The smallest absolute Gasteiger partial charge is 0.320 e. The summed E-state index contributed by atoms with van der Waals surface area (Å²) in [5.74, 6) is 1.72. The molecule has 0 aromatic heterocycles. The van der Waals surface area contributed by atoms with E-state index in [9.17, 15) is 4.79 Å². The summed E-state index contributed by atoms with van der Waals surface area (Å²) in [4.78, 5) is 13.4. The summed E-state index contributed by atoms with van der Waals surface area (Å²) in [5, 5.41) is 0. The molecule has 12 heavy (non-hydrogen) atoms. The summed E-state index contributed by atoms with van der Waals surface area (Å²) in [5.41, 5.74) is 6.03. The number of anilines is 1. The zero-order chi connectivity index (χ0) is 8.55. The molecule has 0 saturated heterocycles. The topological polar surface area (TPSA) is 46.3 Å². The van der Waals surface area contributed by atoms with Crippen molar-refractivity contribution in [2.45, 2.75) is 4.90 Å². The Bertz CT molecular complexity index is 327. The predicted octanol–water partition coefficient (Wildman–Crippen LogP) is 1.80. The Balaban J connectivity index is 2.42. The maximum atomic E-state index is 10.9. The molecule has 61 valence electrons. The van der Waals surface area contributed by atoms with Crippen molar-refractivity contribution < 1.29 is 4.79 Å². The number of primary amides is 1. The van der Waals surface area contributed by atoms with E-state index in [4.69, 9.17) is 5.73 Å². The lowest BCUT2D eigenvalue weighted by atomic mass is 10.3. The summed E-state index contributed by atoms with van der Waals surface area (Å²) in [6.07, 6.45) is 0. The first-order chi connectivity index (χ1) is 5.79. The molecular formula is C8H7N2OS. The van der Waals surface area contributed by atoms with Crippen LogP contribution in [0.15, 0.2) is 29.2 Å². The summed E-state index contributed by atoms with van der Waals surface area (Å²) in [6.45, 7) is 0. The van der Waals surface area contributed by atoms with E-state index in [1.165, 1.54) is 16.7 Å². The fraction of sp³-hybridized carbons (Fsp3) is 0. The van der Waals surface area contributed by atoms with Gasteiger partial charge in [-0.2, -0.15) is 0 Å². The first-order valence-corrected chi connectivity index (χ1v) is 4.35. The van der Waals surface area contributed by atoms with E-state index >= 15 is 0 Å². The van der Waals surface area contributed by atoms with Crippen molar-refractivity contribution in [2.75, 3.05) is 4.90 Å². The van der Waals surface area contributed by atoms with Crippen molar-refractivity contribution in [1.29, 1.82) is 0 Å². The lowest BCUT2D eigenvalue weighted by Gasteiger charge is -2.11. The molecule has 0 saturated carbocycles. The van der Waals surface area contributed by atoms with Crippen molar-refractivity contribution in [1.82, 2.24) is 0 Å². The zero-order valence-corrected chi connectivity index (χ0v) is 7.04. The third kappa shape index (κ3) is 1.04. The van der Waals surface area contributed by atoms with E-state index in [1.54, 1.807) is 5.88 Å². The van der Waals surface area contributed by atoms with Crippen LogP contribution in [0.1, 0.15) is 0 Å². The lowest BCUT2D eigenvalue weighted by molar-refractivity contribution is 0.255. The molecule has 1 radical (unpaired) electrons. The summed E-state index contributed by atoms with van der Waals surface area (Å²) >= 11 is 1.50. The van der Waals surface area contributed by atoms with Crippen LogP contribution in [0.3, 0.4) is 0 Å². The zero-order valence-electron chi connectivity index (χ0n) is 6.23. The number of nitrogens with two attached hydrogens (primary N) is 1. The average Bonchev–Trinajstić information content (AvgIpc) is 2.47. The van der Waals surface area contributed by atoms with Gasteiger partial charge < -0.3 is 5.73 Å². The van der Waals surface area contributed by atoms with Crippen LogP contribution in [0.5, 0.6) is 0 Å². The molecule has 3 nitrogen and oxygen atoms in total. The van der Waals surface area contributed by atoms with Gasteiger partial charge in [-0.1, -0.05) is 23.9 Å². The molecule has 4 heteroatoms. The van der Waals surface area contributed by atoms with Crippen LogP contribution in [-0.2, 0) is 0 Å². The van der Waals surface area contributed by atoms with Crippen LogP contribution in [0, 0.1) is 5.88 Å². The van der Waals surface area contributed by atoms with Gasteiger partial charge in [0, 0.05) is 4.90 Å². The molecule has 0 bridgehead atoms. The Morgan fingerprint density at radius 3 is 2.92 bits per heavy atom. The predicted molar refractivity (Wildman–Crippen MR) is 48.7 cm³/mol. The molecule has 1 aliphatic rings. The van der Waals surface area contributed by atoms with Gasteiger partial charge in [-0.15, -0.1) is 0 Å². The average molecular weight is 179 g/mol. The van der Waals surface area contributed by atoms with E-state index < -0.39 is 6.03 Å². The first kappa shape index (κ1) is 7.49. The van der Waals surface area contributed by atoms with Crippen LogP contribution in [0.2, 0.25) is 0 Å². The minimum Gasteiger partial charge on any atom is -0.351 e. The second-order valence-corrected chi connectivity index (χ2v) is 3.29. The number of urea groups is 1. The van der Waals surface area contributed by atoms with Crippen molar-refractivity contribution >= 4 is 23.5 Å². The normalized spacial score (nSPS) is 14.5. The van der Waals surface area contributed by atoms with E-state index in [0.717, 1.165) is 10.6 Å². The molecule has 1 heterocycles. The highest BCUT2D eigenvalue weighted by atomic mass is 32.2. The van der Waals surface area contributed by atoms with E-state index in [-0.39, 0.29) is 0 Å². The van der Waals surface area contributed by atoms with Gasteiger partial charge in [0.05, 0.1) is 5.69 Å². The Morgan fingerprint density at radius 1 is 1.42 bits per heavy atom. The van der Waals surface area contributed by atoms with E-state index in [1.807, 2.05) is 24.3 Å². The van der Waals surface area contributed by atoms with Crippen LogP contribution in [0.4, 0.5) is 10.5 Å². The number of thioether (sulfide) groups is 1. The molecule has 0 spiro atoms. The highest BCUT2D eigenvalue weighted by Crippen LogP contribution is 2.40. The van der Waals surface area contributed by atoms with Crippen molar-refractivity contribution in [3.05, 3.63) is 30.1 Å². The molecule has 1 aromatic rings.